The highest BCUT2D eigenvalue weighted by Gasteiger charge is 2.46. The third-order valence-electron chi connectivity index (χ3n) is 6.39. The van der Waals surface area contributed by atoms with Crippen molar-refractivity contribution in [3.05, 3.63) is 48.0 Å². The average Bonchev–Trinajstić information content (AvgIpc) is 3.25. The lowest BCUT2D eigenvalue weighted by Crippen LogP contribution is -2.55. The summed E-state index contributed by atoms with van der Waals surface area (Å²) in [6, 6.07) is 11.1. The molecule has 0 radical (unpaired) electrons. The largest absolute Gasteiger partial charge is 0.496 e. The Morgan fingerprint density at radius 3 is 2.29 bits per heavy atom. The van der Waals surface area contributed by atoms with Gasteiger partial charge in [-0.3, -0.25) is 9.59 Å². The minimum absolute atomic E-state index is 0.0198. The lowest BCUT2D eigenvalue weighted by Gasteiger charge is -2.38. The smallest absolute Gasteiger partial charge is 0.267 e. The van der Waals surface area contributed by atoms with Crippen LogP contribution in [0.3, 0.4) is 0 Å². The number of sulfonamides is 1. The molecule has 182 valence electrons. The number of rotatable bonds is 6. The van der Waals surface area contributed by atoms with Crippen molar-refractivity contribution in [2.75, 3.05) is 45.3 Å². The standard InChI is InChI=1S/C24H29N3O6S/c1-17-16-18(8-10-21(17)32-2)34(30,31)27-20(9-11-23(27)28)24(29)26-14-12-25(13-15-26)19-6-4-5-7-22(19)33-3/h4-8,10,16,20H,9,11-15H2,1-3H3/t20-/m0/s1. The predicted octanol–water partition coefficient (Wildman–Crippen LogP) is 2.04. The Labute approximate surface area is 199 Å². The molecule has 1 atom stereocenters. The maximum absolute atomic E-state index is 13.4. The van der Waals surface area contributed by atoms with E-state index in [0.29, 0.717) is 37.5 Å². The van der Waals surface area contributed by atoms with Crippen LogP contribution in [-0.2, 0) is 19.6 Å². The van der Waals surface area contributed by atoms with Crippen LogP contribution in [0.2, 0.25) is 0 Å². The lowest BCUT2D eigenvalue weighted by molar-refractivity contribution is -0.138. The number of para-hydroxylation sites is 2. The van der Waals surface area contributed by atoms with Gasteiger partial charge in [0.15, 0.2) is 0 Å². The number of anilines is 1. The van der Waals surface area contributed by atoms with E-state index in [1.165, 1.54) is 19.2 Å². The van der Waals surface area contributed by atoms with Gasteiger partial charge in [-0.2, -0.15) is 0 Å². The lowest BCUT2D eigenvalue weighted by atomic mass is 10.1. The van der Waals surface area contributed by atoms with E-state index in [1.54, 1.807) is 25.0 Å². The van der Waals surface area contributed by atoms with Crippen LogP contribution in [0, 0.1) is 6.92 Å². The quantitative estimate of drug-likeness (QED) is 0.615. The van der Waals surface area contributed by atoms with Crippen LogP contribution in [0.1, 0.15) is 18.4 Å². The molecule has 0 bridgehead atoms. The molecule has 4 rings (SSSR count). The van der Waals surface area contributed by atoms with Gasteiger partial charge in [-0.15, -0.1) is 0 Å². The molecule has 0 aromatic heterocycles. The number of benzene rings is 2. The summed E-state index contributed by atoms with van der Waals surface area (Å²) >= 11 is 0. The van der Waals surface area contributed by atoms with Crippen LogP contribution in [0.5, 0.6) is 11.5 Å². The van der Waals surface area contributed by atoms with Gasteiger partial charge >= 0.3 is 0 Å². The second-order valence-corrected chi connectivity index (χ2v) is 10.2. The molecule has 2 aromatic carbocycles. The zero-order valence-electron chi connectivity index (χ0n) is 19.6. The number of nitrogens with zero attached hydrogens (tertiary/aromatic N) is 3. The van der Waals surface area contributed by atoms with Crippen LogP contribution < -0.4 is 14.4 Å². The van der Waals surface area contributed by atoms with Gasteiger partial charge in [0.2, 0.25) is 11.8 Å². The van der Waals surface area contributed by atoms with Crippen LogP contribution in [0.15, 0.2) is 47.4 Å². The molecule has 2 aromatic rings. The van der Waals surface area contributed by atoms with E-state index in [2.05, 4.69) is 4.90 Å². The SMILES string of the molecule is COc1ccc(S(=O)(=O)N2C(=O)CC[C@H]2C(=O)N2CCN(c3ccccc3OC)CC2)cc1C. The summed E-state index contributed by atoms with van der Waals surface area (Å²) in [4.78, 5) is 29.8. The number of hydrogen-bond donors (Lipinski definition) is 0. The van der Waals surface area contributed by atoms with E-state index < -0.39 is 22.0 Å². The van der Waals surface area contributed by atoms with Crippen LogP contribution >= 0.6 is 0 Å². The molecule has 0 spiro atoms. The van der Waals surface area contributed by atoms with Gasteiger partial charge in [-0.05, 0) is 49.2 Å². The van der Waals surface area contributed by atoms with Crippen molar-refractivity contribution >= 4 is 27.5 Å². The second kappa shape index (κ2) is 9.54. The number of ether oxygens (including phenoxy) is 2. The van der Waals surface area contributed by atoms with Crippen molar-refractivity contribution in [1.82, 2.24) is 9.21 Å². The number of carbonyl (C=O) groups excluding carboxylic acids is 2. The van der Waals surface area contributed by atoms with Gasteiger partial charge < -0.3 is 19.3 Å². The fraction of sp³-hybridized carbons (Fsp3) is 0.417. The van der Waals surface area contributed by atoms with Crippen molar-refractivity contribution in [3.63, 3.8) is 0 Å². The molecular weight excluding hydrogens is 458 g/mol. The Morgan fingerprint density at radius 1 is 0.971 bits per heavy atom. The number of amides is 2. The summed E-state index contributed by atoms with van der Waals surface area (Å²) in [5.41, 5.74) is 1.58. The summed E-state index contributed by atoms with van der Waals surface area (Å²) in [6.07, 6.45) is 0.199. The summed E-state index contributed by atoms with van der Waals surface area (Å²) in [5.74, 6) is 0.418. The zero-order chi connectivity index (χ0) is 24.5. The van der Waals surface area contributed by atoms with Gasteiger partial charge in [0, 0.05) is 32.6 Å². The zero-order valence-corrected chi connectivity index (χ0v) is 20.4. The first-order chi connectivity index (χ1) is 16.3. The maximum Gasteiger partial charge on any atom is 0.267 e. The topological polar surface area (TPSA) is 96.5 Å². The predicted molar refractivity (Wildman–Crippen MR) is 127 cm³/mol. The summed E-state index contributed by atoms with van der Waals surface area (Å²) < 4.78 is 38.2. The third kappa shape index (κ3) is 4.29. The highest BCUT2D eigenvalue weighted by Crippen LogP contribution is 2.32. The van der Waals surface area contributed by atoms with Crippen molar-refractivity contribution in [2.45, 2.75) is 30.7 Å². The van der Waals surface area contributed by atoms with E-state index >= 15 is 0 Å². The number of piperazine rings is 1. The average molecular weight is 488 g/mol. The van der Waals surface area contributed by atoms with Gasteiger partial charge in [0.1, 0.15) is 17.5 Å². The normalized spacial score (nSPS) is 18.9. The first-order valence-electron chi connectivity index (χ1n) is 11.2. The molecule has 2 fully saturated rings. The molecule has 2 amide bonds. The summed E-state index contributed by atoms with van der Waals surface area (Å²) in [7, 11) is -1.05. The molecule has 2 aliphatic heterocycles. The highest BCUT2D eigenvalue weighted by atomic mass is 32.2. The molecule has 0 N–H and O–H groups in total. The van der Waals surface area contributed by atoms with E-state index in [9.17, 15) is 18.0 Å². The van der Waals surface area contributed by atoms with Gasteiger partial charge in [-0.25, -0.2) is 12.7 Å². The molecule has 2 heterocycles. The molecule has 10 heteroatoms. The fourth-order valence-corrected chi connectivity index (χ4v) is 6.26. The minimum atomic E-state index is -4.18. The number of carbonyl (C=O) groups is 2. The molecule has 2 aliphatic rings. The summed E-state index contributed by atoms with van der Waals surface area (Å²) in [5, 5.41) is 0. The van der Waals surface area contributed by atoms with E-state index in [-0.39, 0.29) is 23.6 Å². The van der Waals surface area contributed by atoms with Crippen molar-refractivity contribution < 1.29 is 27.5 Å². The Hall–Kier alpha value is -3.27. The number of methoxy groups -OCH3 is 2. The van der Waals surface area contributed by atoms with Crippen molar-refractivity contribution in [2.24, 2.45) is 0 Å². The van der Waals surface area contributed by atoms with E-state index in [4.69, 9.17) is 9.47 Å². The molecule has 9 nitrogen and oxygen atoms in total. The molecule has 0 aliphatic carbocycles. The van der Waals surface area contributed by atoms with Crippen molar-refractivity contribution in [1.29, 1.82) is 0 Å². The second-order valence-electron chi connectivity index (χ2n) is 8.36. The Balaban J connectivity index is 1.51. The van der Waals surface area contributed by atoms with Crippen LogP contribution in [0.4, 0.5) is 5.69 Å². The highest BCUT2D eigenvalue weighted by molar-refractivity contribution is 7.89. The van der Waals surface area contributed by atoms with Crippen molar-refractivity contribution in [3.8, 4) is 11.5 Å². The monoisotopic (exact) mass is 487 g/mol. The van der Waals surface area contributed by atoms with Gasteiger partial charge in [0.25, 0.3) is 10.0 Å². The third-order valence-corrected chi connectivity index (χ3v) is 8.21. The Bertz CT molecular complexity index is 1190. The van der Waals surface area contributed by atoms with Gasteiger partial charge in [-0.1, -0.05) is 12.1 Å². The first kappa shape index (κ1) is 23.9. The Kier molecular flexibility index (Phi) is 6.70. The summed E-state index contributed by atoms with van der Waals surface area (Å²) in [6.45, 7) is 3.75. The molecule has 2 saturated heterocycles. The van der Waals surface area contributed by atoms with E-state index in [1.807, 2.05) is 24.3 Å². The molecule has 0 unspecified atom stereocenters. The van der Waals surface area contributed by atoms with Gasteiger partial charge in [0.05, 0.1) is 24.8 Å². The number of hydrogen-bond acceptors (Lipinski definition) is 7. The number of aryl methyl sites for hydroxylation is 1. The molecule has 34 heavy (non-hydrogen) atoms. The van der Waals surface area contributed by atoms with Crippen LogP contribution in [0.25, 0.3) is 0 Å². The Morgan fingerprint density at radius 2 is 1.65 bits per heavy atom. The minimum Gasteiger partial charge on any atom is -0.496 e. The van der Waals surface area contributed by atoms with E-state index in [0.717, 1.165) is 15.7 Å². The first-order valence-corrected chi connectivity index (χ1v) is 12.6. The fourth-order valence-electron chi connectivity index (χ4n) is 4.58. The maximum atomic E-state index is 13.4. The molecule has 0 saturated carbocycles. The van der Waals surface area contributed by atoms with Crippen LogP contribution in [-0.4, -0.2) is 75.9 Å². The molecular formula is C24H29N3O6S.